The number of aliphatic carboxylic acids is 1. The summed E-state index contributed by atoms with van der Waals surface area (Å²) in [6.07, 6.45) is 2.77. The third kappa shape index (κ3) is 3.28. The number of rotatable bonds is 4. The van der Waals surface area contributed by atoms with Crippen molar-refractivity contribution in [1.82, 2.24) is 9.80 Å². The van der Waals surface area contributed by atoms with Crippen LogP contribution in [0.3, 0.4) is 0 Å². The fourth-order valence-electron chi connectivity index (χ4n) is 4.13. The summed E-state index contributed by atoms with van der Waals surface area (Å²) in [5, 5.41) is 9.21. The summed E-state index contributed by atoms with van der Waals surface area (Å²) in [6.45, 7) is 1.50. The van der Waals surface area contributed by atoms with Gasteiger partial charge in [-0.15, -0.1) is 0 Å². The zero-order chi connectivity index (χ0) is 19.8. The van der Waals surface area contributed by atoms with E-state index in [1.165, 1.54) is 28.0 Å². The van der Waals surface area contributed by atoms with Crippen molar-refractivity contribution in [1.29, 1.82) is 0 Å². The molecule has 3 aliphatic heterocycles. The number of benzene rings is 1. The molecule has 1 aromatic rings. The summed E-state index contributed by atoms with van der Waals surface area (Å²) >= 11 is 0. The van der Waals surface area contributed by atoms with Gasteiger partial charge in [-0.1, -0.05) is 0 Å². The molecule has 148 valence electrons. The van der Waals surface area contributed by atoms with Gasteiger partial charge in [0.2, 0.25) is 0 Å². The average Bonchev–Trinajstić information content (AvgIpc) is 3.30. The van der Waals surface area contributed by atoms with Gasteiger partial charge in [0.15, 0.2) is 0 Å². The van der Waals surface area contributed by atoms with E-state index in [1.807, 2.05) is 0 Å². The van der Waals surface area contributed by atoms with Gasteiger partial charge in [-0.05, 0) is 43.9 Å². The Hall–Kier alpha value is -2.74. The van der Waals surface area contributed by atoms with Gasteiger partial charge in [0.25, 0.3) is 17.7 Å². The molecule has 0 aromatic heterocycles. The first-order chi connectivity index (χ1) is 13.5. The second-order valence-electron chi connectivity index (χ2n) is 7.54. The number of carbonyl (C=O) groups excluding carboxylic acids is 3. The Morgan fingerprint density at radius 3 is 2.61 bits per heavy atom. The second kappa shape index (κ2) is 7.35. The van der Waals surface area contributed by atoms with Gasteiger partial charge in [0.05, 0.1) is 29.7 Å². The Labute approximate surface area is 162 Å². The lowest BCUT2D eigenvalue weighted by molar-refractivity contribution is -0.143. The number of carboxylic acid groups (broad SMARTS) is 1. The van der Waals surface area contributed by atoms with Crippen LogP contribution >= 0.6 is 0 Å². The van der Waals surface area contributed by atoms with Crippen molar-refractivity contribution in [3.63, 3.8) is 0 Å². The van der Waals surface area contributed by atoms with Gasteiger partial charge in [-0.3, -0.25) is 24.1 Å². The average molecular weight is 386 g/mol. The number of imide groups is 1. The lowest BCUT2D eigenvalue weighted by Crippen LogP contribution is -2.42. The highest BCUT2D eigenvalue weighted by Crippen LogP contribution is 2.27. The zero-order valence-electron chi connectivity index (χ0n) is 15.4. The largest absolute Gasteiger partial charge is 0.481 e. The van der Waals surface area contributed by atoms with E-state index in [0.29, 0.717) is 37.1 Å². The first-order valence-corrected chi connectivity index (χ1v) is 9.59. The predicted octanol–water partition coefficient (Wildman–Crippen LogP) is 1.40. The Morgan fingerprint density at radius 1 is 1.11 bits per heavy atom. The molecule has 2 atom stereocenters. The second-order valence-corrected chi connectivity index (χ2v) is 7.54. The summed E-state index contributed by atoms with van der Waals surface area (Å²) in [6, 6.07) is 4.50. The van der Waals surface area contributed by atoms with Crippen molar-refractivity contribution in [2.24, 2.45) is 5.92 Å². The summed E-state index contributed by atoms with van der Waals surface area (Å²) in [4.78, 5) is 52.1. The highest BCUT2D eigenvalue weighted by molar-refractivity contribution is 6.22. The molecule has 0 bridgehead atoms. The first kappa shape index (κ1) is 18.6. The molecule has 4 rings (SSSR count). The smallest absolute Gasteiger partial charge is 0.308 e. The molecule has 3 amide bonds. The molecule has 1 N–H and O–H groups in total. The molecule has 2 fully saturated rings. The number of likely N-dealkylation sites (tertiary alicyclic amines) is 1. The fourth-order valence-corrected chi connectivity index (χ4v) is 4.13. The van der Waals surface area contributed by atoms with Crippen LogP contribution in [-0.4, -0.2) is 70.9 Å². The molecule has 3 aliphatic rings. The van der Waals surface area contributed by atoms with E-state index in [0.717, 1.165) is 12.8 Å². The molecule has 28 heavy (non-hydrogen) atoms. The van der Waals surface area contributed by atoms with Crippen LogP contribution in [0.1, 0.15) is 56.8 Å². The predicted molar refractivity (Wildman–Crippen MR) is 97.0 cm³/mol. The molecule has 8 nitrogen and oxygen atoms in total. The summed E-state index contributed by atoms with van der Waals surface area (Å²) < 4.78 is 5.53. The fraction of sp³-hybridized carbons (Fsp3) is 0.500. The highest BCUT2D eigenvalue weighted by atomic mass is 16.5. The Balaban J connectivity index is 1.52. The molecular weight excluding hydrogens is 364 g/mol. The molecule has 2 saturated heterocycles. The molecular formula is C20H22N2O6. The van der Waals surface area contributed by atoms with Crippen molar-refractivity contribution < 1.29 is 29.0 Å². The quantitative estimate of drug-likeness (QED) is 0.785. The minimum atomic E-state index is -0.906. The molecule has 0 radical (unpaired) electrons. The summed E-state index contributed by atoms with van der Waals surface area (Å²) in [5.41, 5.74) is 0.812. The van der Waals surface area contributed by atoms with Crippen LogP contribution in [0.25, 0.3) is 0 Å². The van der Waals surface area contributed by atoms with Crippen LogP contribution < -0.4 is 0 Å². The van der Waals surface area contributed by atoms with E-state index in [1.54, 1.807) is 0 Å². The molecule has 1 unspecified atom stereocenters. The van der Waals surface area contributed by atoms with E-state index in [9.17, 15) is 24.3 Å². The maximum absolute atomic E-state index is 12.8. The number of carboxylic acids is 1. The lowest BCUT2D eigenvalue weighted by atomic mass is 9.97. The minimum absolute atomic E-state index is 0.135. The monoisotopic (exact) mass is 386 g/mol. The number of hydrogen-bond acceptors (Lipinski definition) is 5. The van der Waals surface area contributed by atoms with Crippen LogP contribution in [0, 0.1) is 5.92 Å². The van der Waals surface area contributed by atoms with Gasteiger partial charge >= 0.3 is 5.97 Å². The minimum Gasteiger partial charge on any atom is -0.481 e. The van der Waals surface area contributed by atoms with Crippen molar-refractivity contribution in [3.8, 4) is 0 Å². The molecule has 0 saturated carbocycles. The van der Waals surface area contributed by atoms with E-state index < -0.39 is 17.8 Å². The molecule has 0 spiro atoms. The maximum atomic E-state index is 12.8. The van der Waals surface area contributed by atoms with Gasteiger partial charge in [0.1, 0.15) is 0 Å². The Morgan fingerprint density at radius 2 is 1.89 bits per heavy atom. The third-order valence-electron chi connectivity index (χ3n) is 5.69. The van der Waals surface area contributed by atoms with Crippen LogP contribution in [0.4, 0.5) is 0 Å². The normalized spacial score (nSPS) is 24.6. The van der Waals surface area contributed by atoms with Gasteiger partial charge in [-0.2, -0.15) is 0 Å². The van der Waals surface area contributed by atoms with Gasteiger partial charge in [-0.25, -0.2) is 0 Å². The standard InChI is InChI=1S/C20H22N2O6/c23-17(21-7-1-3-13(10-21)20(26)27)12-5-6-15-16(9-12)19(25)22(18(15)24)11-14-4-2-8-28-14/h5-6,9,13-14H,1-4,7-8,10-11H2,(H,26,27)/t13-,14?/m0/s1. The van der Waals surface area contributed by atoms with Crippen LogP contribution in [0.15, 0.2) is 18.2 Å². The molecule has 1 aromatic carbocycles. The SMILES string of the molecule is O=C(O)[C@H]1CCCN(C(=O)c2ccc3c(c2)C(=O)N(CC2CCCO2)C3=O)C1. The van der Waals surface area contributed by atoms with Crippen LogP contribution in [0.5, 0.6) is 0 Å². The van der Waals surface area contributed by atoms with Gasteiger partial charge < -0.3 is 14.7 Å². The van der Waals surface area contributed by atoms with Crippen molar-refractivity contribution in [2.75, 3.05) is 26.2 Å². The highest BCUT2D eigenvalue weighted by Gasteiger charge is 2.38. The summed E-state index contributed by atoms with van der Waals surface area (Å²) in [7, 11) is 0. The number of piperidine rings is 1. The Bertz CT molecular complexity index is 845. The van der Waals surface area contributed by atoms with Crippen LogP contribution in [0.2, 0.25) is 0 Å². The Kier molecular flexibility index (Phi) is 4.89. The molecule has 0 aliphatic carbocycles. The number of ether oxygens (including phenoxy) is 1. The van der Waals surface area contributed by atoms with Crippen molar-refractivity contribution in [2.45, 2.75) is 31.8 Å². The maximum Gasteiger partial charge on any atom is 0.308 e. The lowest BCUT2D eigenvalue weighted by Gasteiger charge is -2.30. The van der Waals surface area contributed by atoms with E-state index in [-0.39, 0.29) is 36.6 Å². The number of nitrogens with zero attached hydrogens (tertiary/aromatic N) is 2. The molecule has 8 heteroatoms. The summed E-state index contributed by atoms with van der Waals surface area (Å²) in [5.74, 6) is -2.56. The number of amides is 3. The van der Waals surface area contributed by atoms with Crippen LogP contribution in [-0.2, 0) is 9.53 Å². The van der Waals surface area contributed by atoms with E-state index in [2.05, 4.69) is 0 Å². The number of fused-ring (bicyclic) bond motifs is 1. The van der Waals surface area contributed by atoms with E-state index >= 15 is 0 Å². The van der Waals surface area contributed by atoms with E-state index in [4.69, 9.17) is 4.74 Å². The topological polar surface area (TPSA) is 104 Å². The molecule has 3 heterocycles. The van der Waals surface area contributed by atoms with Crippen molar-refractivity contribution in [3.05, 3.63) is 34.9 Å². The number of carbonyl (C=O) groups is 4. The zero-order valence-corrected chi connectivity index (χ0v) is 15.4. The van der Waals surface area contributed by atoms with Crippen molar-refractivity contribution >= 4 is 23.7 Å². The third-order valence-corrected chi connectivity index (χ3v) is 5.69. The van der Waals surface area contributed by atoms with Gasteiger partial charge in [0, 0.05) is 25.3 Å². The first-order valence-electron chi connectivity index (χ1n) is 9.59. The number of hydrogen-bond donors (Lipinski definition) is 1.